The van der Waals surface area contributed by atoms with Crippen molar-refractivity contribution in [2.45, 2.75) is 51.9 Å². The fourth-order valence-electron chi connectivity index (χ4n) is 1.08. The van der Waals surface area contributed by atoms with Crippen LogP contribution >= 0.6 is 0 Å². The van der Waals surface area contributed by atoms with Crippen LogP contribution in [0.3, 0.4) is 0 Å². The summed E-state index contributed by atoms with van der Waals surface area (Å²) in [5, 5.41) is 3.89. The van der Waals surface area contributed by atoms with Crippen molar-refractivity contribution in [2.24, 2.45) is 4.40 Å². The van der Waals surface area contributed by atoms with E-state index in [4.69, 9.17) is 4.74 Å². The van der Waals surface area contributed by atoms with Gasteiger partial charge in [-0.3, -0.25) is 0 Å². The minimum atomic E-state index is -1.34. The predicted octanol–water partition coefficient (Wildman–Crippen LogP) is 2.55. The zero-order valence-electron chi connectivity index (χ0n) is 12.7. The first-order valence-corrected chi connectivity index (χ1v) is 7.34. The molecule has 0 saturated carbocycles. The van der Waals surface area contributed by atoms with Crippen molar-refractivity contribution >= 4 is 23.3 Å². The molecule has 0 spiro atoms. The van der Waals surface area contributed by atoms with E-state index in [1.54, 1.807) is 20.8 Å². The van der Waals surface area contributed by atoms with E-state index in [0.717, 1.165) is 4.68 Å². The van der Waals surface area contributed by atoms with Gasteiger partial charge in [0, 0.05) is 18.0 Å². The second-order valence-corrected chi connectivity index (χ2v) is 8.23. The van der Waals surface area contributed by atoms with Gasteiger partial charge in [0.25, 0.3) is 0 Å². The molecule has 7 heteroatoms. The number of hydrogen-bond donors (Lipinski definition) is 0. The zero-order valence-corrected chi connectivity index (χ0v) is 13.5. The van der Waals surface area contributed by atoms with Crippen LogP contribution in [0.2, 0.25) is 0 Å². The standard InChI is InChI=1S/C13H21N3O3S/c1-12(2,3)19-11(17)16-9-10(7-14-16)8-15-20(18)13(4,5)6/h7-9H,1-6H3/b15-8+. The van der Waals surface area contributed by atoms with Crippen LogP contribution in [-0.2, 0) is 15.7 Å². The first kappa shape index (κ1) is 16.6. The van der Waals surface area contributed by atoms with Gasteiger partial charge >= 0.3 is 6.09 Å². The number of nitrogens with zero attached hydrogens (tertiary/aromatic N) is 3. The van der Waals surface area contributed by atoms with Gasteiger partial charge in [0.15, 0.2) is 0 Å². The van der Waals surface area contributed by atoms with Crippen molar-refractivity contribution in [1.29, 1.82) is 0 Å². The summed E-state index contributed by atoms with van der Waals surface area (Å²) in [4.78, 5) is 11.7. The number of aromatic nitrogens is 2. The molecule has 1 aromatic heterocycles. The maximum atomic E-state index is 11.8. The fraction of sp³-hybridized carbons (Fsp3) is 0.615. The molecular weight excluding hydrogens is 278 g/mol. The molecule has 0 N–H and O–H groups in total. The first-order valence-electron chi connectivity index (χ1n) is 6.23. The topological polar surface area (TPSA) is 73.6 Å². The molecule has 20 heavy (non-hydrogen) atoms. The Morgan fingerprint density at radius 3 is 2.45 bits per heavy atom. The Kier molecular flexibility index (Phi) is 4.86. The molecule has 0 radical (unpaired) electrons. The van der Waals surface area contributed by atoms with E-state index in [1.165, 1.54) is 18.6 Å². The van der Waals surface area contributed by atoms with Gasteiger partial charge in [-0.25, -0.2) is 9.00 Å². The van der Waals surface area contributed by atoms with Crippen LogP contribution in [0.4, 0.5) is 4.79 Å². The number of ether oxygens (including phenoxy) is 1. The molecule has 1 heterocycles. The lowest BCUT2D eigenvalue weighted by Crippen LogP contribution is -2.27. The lowest BCUT2D eigenvalue weighted by molar-refractivity contribution is 0.0514. The average Bonchev–Trinajstić information content (AvgIpc) is 2.70. The third-order valence-corrected chi connectivity index (χ3v) is 3.35. The van der Waals surface area contributed by atoms with Crippen LogP contribution in [0, 0.1) is 0 Å². The van der Waals surface area contributed by atoms with E-state index >= 15 is 0 Å². The van der Waals surface area contributed by atoms with Crippen LogP contribution in [0.5, 0.6) is 0 Å². The highest BCUT2D eigenvalue weighted by Gasteiger charge is 2.19. The summed E-state index contributed by atoms with van der Waals surface area (Å²) in [5.41, 5.74) is 0.0128. The van der Waals surface area contributed by atoms with E-state index < -0.39 is 27.4 Å². The summed E-state index contributed by atoms with van der Waals surface area (Å²) in [6, 6.07) is 0. The van der Waals surface area contributed by atoms with E-state index in [1.807, 2.05) is 20.8 Å². The Labute approximate surface area is 121 Å². The Hall–Kier alpha value is -1.50. The van der Waals surface area contributed by atoms with Crippen LogP contribution in [0.25, 0.3) is 0 Å². The minimum Gasteiger partial charge on any atom is -0.442 e. The predicted molar refractivity (Wildman–Crippen MR) is 79.3 cm³/mol. The van der Waals surface area contributed by atoms with Crippen molar-refractivity contribution < 1.29 is 13.7 Å². The fourth-order valence-corrected chi connectivity index (χ4v) is 1.61. The zero-order chi connectivity index (χ0) is 15.6. The summed E-state index contributed by atoms with van der Waals surface area (Å²) in [6.07, 6.45) is 3.83. The van der Waals surface area contributed by atoms with Gasteiger partial charge in [-0.05, 0) is 41.5 Å². The quantitative estimate of drug-likeness (QED) is 0.787. The van der Waals surface area contributed by atoms with E-state index in [0.29, 0.717) is 5.56 Å². The highest BCUT2D eigenvalue weighted by atomic mass is 32.2. The maximum Gasteiger partial charge on any atom is 0.435 e. The van der Waals surface area contributed by atoms with Crippen molar-refractivity contribution in [3.05, 3.63) is 18.0 Å². The number of carbonyl (C=O) groups is 1. The Balaban J connectivity index is 2.76. The molecule has 0 aliphatic carbocycles. The molecule has 0 fully saturated rings. The molecule has 0 aliphatic rings. The molecule has 1 unspecified atom stereocenters. The van der Waals surface area contributed by atoms with Gasteiger partial charge in [-0.15, -0.1) is 0 Å². The van der Waals surface area contributed by atoms with Gasteiger partial charge in [0.1, 0.15) is 16.6 Å². The van der Waals surface area contributed by atoms with Crippen LogP contribution in [0.15, 0.2) is 16.8 Å². The monoisotopic (exact) mass is 299 g/mol. The number of hydrogen-bond acceptors (Lipinski definition) is 4. The third-order valence-electron chi connectivity index (χ3n) is 2.00. The van der Waals surface area contributed by atoms with Gasteiger partial charge in [-0.1, -0.05) is 0 Å². The van der Waals surface area contributed by atoms with Crippen molar-refractivity contribution in [2.75, 3.05) is 0 Å². The molecule has 1 rings (SSSR count). The smallest absolute Gasteiger partial charge is 0.435 e. The number of carbonyl (C=O) groups excluding carboxylic acids is 1. The molecule has 0 bridgehead atoms. The van der Waals surface area contributed by atoms with E-state index in [-0.39, 0.29) is 0 Å². The Bertz CT molecular complexity index is 536. The lowest BCUT2D eigenvalue weighted by atomic mass is 10.2. The molecule has 6 nitrogen and oxygen atoms in total. The van der Waals surface area contributed by atoms with Gasteiger partial charge in [0.05, 0.1) is 10.9 Å². The van der Waals surface area contributed by atoms with Gasteiger partial charge < -0.3 is 4.74 Å². The highest BCUT2D eigenvalue weighted by molar-refractivity contribution is 7.85. The Morgan fingerprint density at radius 1 is 1.35 bits per heavy atom. The second-order valence-electron chi connectivity index (χ2n) is 6.29. The lowest BCUT2D eigenvalue weighted by Gasteiger charge is -2.18. The van der Waals surface area contributed by atoms with Crippen molar-refractivity contribution in [3.8, 4) is 0 Å². The van der Waals surface area contributed by atoms with Gasteiger partial charge in [-0.2, -0.15) is 14.2 Å². The average molecular weight is 299 g/mol. The Morgan fingerprint density at radius 2 is 1.95 bits per heavy atom. The molecule has 0 aliphatic heterocycles. The summed E-state index contributed by atoms with van der Waals surface area (Å²) in [6.45, 7) is 10.9. The summed E-state index contributed by atoms with van der Waals surface area (Å²) < 4.78 is 21.6. The summed E-state index contributed by atoms with van der Waals surface area (Å²) in [5.74, 6) is 0. The van der Waals surface area contributed by atoms with Gasteiger partial charge in [0.2, 0.25) is 0 Å². The second kappa shape index (κ2) is 5.87. The molecule has 1 aromatic rings. The molecule has 1 atom stereocenters. The van der Waals surface area contributed by atoms with Crippen molar-refractivity contribution in [3.63, 3.8) is 0 Å². The maximum absolute atomic E-state index is 11.8. The summed E-state index contributed by atoms with van der Waals surface area (Å²) >= 11 is 0. The molecular formula is C13H21N3O3S. The number of rotatable bonds is 2. The summed E-state index contributed by atoms with van der Waals surface area (Å²) in [7, 11) is -1.34. The SMILES string of the molecule is CC(C)(C)OC(=O)n1cc(/C=N/S(=O)C(C)(C)C)cn1. The van der Waals surface area contributed by atoms with Crippen LogP contribution < -0.4 is 0 Å². The first-order chi connectivity index (χ1) is 8.99. The normalized spacial score (nSPS) is 14.5. The molecule has 0 amide bonds. The van der Waals surface area contributed by atoms with Crippen LogP contribution in [0.1, 0.15) is 47.1 Å². The minimum absolute atomic E-state index is 0.419. The molecule has 0 saturated heterocycles. The third kappa shape index (κ3) is 5.24. The molecule has 112 valence electrons. The molecule has 0 aromatic carbocycles. The van der Waals surface area contributed by atoms with E-state index in [9.17, 15) is 9.00 Å². The highest BCUT2D eigenvalue weighted by Crippen LogP contribution is 2.12. The largest absolute Gasteiger partial charge is 0.442 e. The van der Waals surface area contributed by atoms with Crippen LogP contribution in [-0.4, -0.2) is 36.6 Å². The van der Waals surface area contributed by atoms with E-state index in [2.05, 4.69) is 9.50 Å². The van der Waals surface area contributed by atoms with Crippen molar-refractivity contribution in [1.82, 2.24) is 9.78 Å².